The molecule has 0 saturated heterocycles. The highest BCUT2D eigenvalue weighted by molar-refractivity contribution is 9.10. The van der Waals surface area contributed by atoms with Crippen LogP contribution in [0, 0.1) is 12.9 Å². The van der Waals surface area contributed by atoms with Crippen LogP contribution in [0.4, 0.5) is 10.2 Å². The second-order valence-corrected chi connectivity index (χ2v) is 9.48. The van der Waals surface area contributed by atoms with E-state index in [0.29, 0.717) is 11.1 Å². The molecule has 4 rings (SSSR count). The molecule has 0 saturated carbocycles. The Hall–Kier alpha value is -2.98. The zero-order valence-electron chi connectivity index (χ0n) is 16.5. The molecule has 0 amide bonds. The van der Waals surface area contributed by atoms with Gasteiger partial charge in [-0.15, -0.1) is 0 Å². The number of pyridine rings is 1. The maximum absolute atomic E-state index is 13.3. The number of rotatable bonds is 5. The number of halogens is 2. The van der Waals surface area contributed by atoms with Gasteiger partial charge in [0.25, 0.3) is 10.0 Å². The van der Waals surface area contributed by atoms with E-state index in [4.69, 9.17) is 4.42 Å². The number of fused-ring (bicyclic) bond motifs is 1. The van der Waals surface area contributed by atoms with E-state index < -0.39 is 21.7 Å². The molecule has 0 aliphatic heterocycles. The van der Waals surface area contributed by atoms with Gasteiger partial charge in [-0.05, 0) is 49.2 Å². The molecular formula is C21H17BrFN3O4S. The maximum atomic E-state index is 13.3. The molecule has 2 aromatic carbocycles. The van der Waals surface area contributed by atoms with Crippen LogP contribution >= 0.6 is 15.9 Å². The summed E-state index contributed by atoms with van der Waals surface area (Å²) in [4.78, 5) is 16.1. The molecule has 10 heteroatoms. The lowest BCUT2D eigenvalue weighted by atomic mass is 10.1. The van der Waals surface area contributed by atoms with Crippen LogP contribution in [0.25, 0.3) is 11.1 Å². The minimum Gasteiger partial charge on any atom is -0.408 e. The van der Waals surface area contributed by atoms with Gasteiger partial charge in [0, 0.05) is 10.5 Å². The summed E-state index contributed by atoms with van der Waals surface area (Å²) < 4.78 is 49.0. The van der Waals surface area contributed by atoms with Crippen molar-refractivity contribution >= 4 is 42.9 Å². The van der Waals surface area contributed by atoms with Crippen LogP contribution in [0.1, 0.15) is 24.1 Å². The summed E-state index contributed by atoms with van der Waals surface area (Å²) in [7, 11) is -4.09. The first-order valence-electron chi connectivity index (χ1n) is 9.23. The van der Waals surface area contributed by atoms with Crippen molar-refractivity contribution in [3.8, 4) is 0 Å². The SMILES string of the molecule is Cc1cc2c(cc1S(=O)(=O)Nc1cccc(F)n1)oc(=O)n2[C@H](C)c1ccccc1Br. The number of aromatic nitrogens is 2. The van der Waals surface area contributed by atoms with Gasteiger partial charge < -0.3 is 4.42 Å². The Bertz CT molecular complexity index is 1460. The molecule has 4 aromatic rings. The Kier molecular flexibility index (Phi) is 5.44. The summed E-state index contributed by atoms with van der Waals surface area (Å²) in [5.41, 5.74) is 1.86. The Morgan fingerprint density at radius 1 is 1.16 bits per heavy atom. The van der Waals surface area contributed by atoms with Gasteiger partial charge in [0.1, 0.15) is 5.82 Å². The number of benzene rings is 2. The van der Waals surface area contributed by atoms with E-state index in [-0.39, 0.29) is 22.3 Å². The molecule has 1 atom stereocenters. The highest BCUT2D eigenvalue weighted by Gasteiger charge is 2.24. The Morgan fingerprint density at radius 3 is 2.61 bits per heavy atom. The first-order chi connectivity index (χ1) is 14.7. The molecule has 1 N–H and O–H groups in total. The standard InChI is InChI=1S/C21H17BrFN3O4S/c1-12-10-16-17(11-18(12)31(28,29)25-20-9-5-8-19(23)24-20)30-21(27)26(16)13(2)14-6-3-4-7-15(14)22/h3-11,13H,1-2H3,(H,24,25)/t13-/m1/s1. The highest BCUT2D eigenvalue weighted by Crippen LogP contribution is 2.30. The van der Waals surface area contributed by atoms with Crippen molar-refractivity contribution in [3.63, 3.8) is 0 Å². The summed E-state index contributed by atoms with van der Waals surface area (Å²) >= 11 is 3.49. The molecule has 0 radical (unpaired) electrons. The topological polar surface area (TPSA) is 94.2 Å². The quantitative estimate of drug-likeness (QED) is 0.399. The van der Waals surface area contributed by atoms with Crippen molar-refractivity contribution in [2.24, 2.45) is 0 Å². The largest absolute Gasteiger partial charge is 0.420 e. The van der Waals surface area contributed by atoms with Crippen molar-refractivity contribution in [2.45, 2.75) is 24.8 Å². The van der Waals surface area contributed by atoms with Crippen molar-refractivity contribution in [1.82, 2.24) is 9.55 Å². The van der Waals surface area contributed by atoms with E-state index in [2.05, 4.69) is 25.6 Å². The molecule has 7 nitrogen and oxygen atoms in total. The summed E-state index contributed by atoms with van der Waals surface area (Å²) in [6.45, 7) is 3.46. The molecule has 2 heterocycles. The average Bonchev–Trinajstić information content (AvgIpc) is 3.01. The van der Waals surface area contributed by atoms with Gasteiger partial charge >= 0.3 is 5.76 Å². The fourth-order valence-corrected chi connectivity index (χ4v) is 5.29. The fourth-order valence-electron chi connectivity index (χ4n) is 3.43. The van der Waals surface area contributed by atoms with Crippen LogP contribution < -0.4 is 10.5 Å². The van der Waals surface area contributed by atoms with E-state index in [1.54, 1.807) is 13.0 Å². The third-order valence-electron chi connectivity index (χ3n) is 4.90. The van der Waals surface area contributed by atoms with Gasteiger partial charge in [0.2, 0.25) is 5.95 Å². The van der Waals surface area contributed by atoms with Crippen LogP contribution in [0.3, 0.4) is 0 Å². The van der Waals surface area contributed by atoms with Crippen LogP contribution in [0.5, 0.6) is 0 Å². The predicted molar refractivity (Wildman–Crippen MR) is 118 cm³/mol. The molecule has 0 bridgehead atoms. The molecule has 160 valence electrons. The number of nitrogens with one attached hydrogen (secondary N) is 1. The fraction of sp³-hybridized carbons (Fsp3) is 0.143. The zero-order chi connectivity index (χ0) is 22.3. The summed E-state index contributed by atoms with van der Waals surface area (Å²) in [6, 6.07) is 13.8. The summed E-state index contributed by atoms with van der Waals surface area (Å²) in [5, 5.41) is 0. The molecule has 0 fully saturated rings. The number of sulfonamides is 1. The van der Waals surface area contributed by atoms with E-state index in [9.17, 15) is 17.6 Å². The molecule has 31 heavy (non-hydrogen) atoms. The van der Waals surface area contributed by atoms with Crippen molar-refractivity contribution in [3.05, 3.63) is 86.7 Å². The van der Waals surface area contributed by atoms with E-state index in [1.807, 2.05) is 31.2 Å². The van der Waals surface area contributed by atoms with E-state index in [0.717, 1.165) is 16.1 Å². The second-order valence-electron chi connectivity index (χ2n) is 6.97. The number of nitrogens with zero attached hydrogens (tertiary/aromatic N) is 2. The van der Waals surface area contributed by atoms with Gasteiger partial charge in [-0.2, -0.15) is 4.39 Å². The molecule has 0 aliphatic carbocycles. The second kappa shape index (κ2) is 7.93. The third kappa shape index (κ3) is 4.00. The smallest absolute Gasteiger partial charge is 0.408 e. The Labute approximate surface area is 185 Å². The minimum absolute atomic E-state index is 0.0968. The zero-order valence-corrected chi connectivity index (χ0v) is 18.9. The van der Waals surface area contributed by atoms with Crippen molar-refractivity contribution < 1.29 is 17.2 Å². The van der Waals surface area contributed by atoms with Crippen LogP contribution in [-0.2, 0) is 10.0 Å². The first-order valence-corrected chi connectivity index (χ1v) is 11.5. The van der Waals surface area contributed by atoms with Gasteiger partial charge in [-0.3, -0.25) is 9.29 Å². The Morgan fingerprint density at radius 2 is 1.90 bits per heavy atom. The molecule has 0 aliphatic rings. The Balaban J connectivity index is 1.80. The number of anilines is 1. The highest BCUT2D eigenvalue weighted by atomic mass is 79.9. The first kappa shape index (κ1) is 21.3. The van der Waals surface area contributed by atoms with Crippen LogP contribution in [0.2, 0.25) is 0 Å². The van der Waals surface area contributed by atoms with Crippen LogP contribution in [0.15, 0.2) is 73.2 Å². The lowest BCUT2D eigenvalue weighted by Crippen LogP contribution is -2.19. The molecule has 2 aromatic heterocycles. The number of hydrogen-bond acceptors (Lipinski definition) is 5. The van der Waals surface area contributed by atoms with Crippen molar-refractivity contribution in [2.75, 3.05) is 4.72 Å². The molecule has 0 spiro atoms. The number of oxazole rings is 1. The maximum Gasteiger partial charge on any atom is 0.420 e. The van der Waals surface area contributed by atoms with Gasteiger partial charge in [-0.1, -0.05) is 40.2 Å². The van der Waals surface area contributed by atoms with Gasteiger partial charge in [0.15, 0.2) is 5.58 Å². The van der Waals surface area contributed by atoms with Crippen LogP contribution in [-0.4, -0.2) is 18.0 Å². The number of aryl methyl sites for hydroxylation is 1. The van der Waals surface area contributed by atoms with Crippen molar-refractivity contribution in [1.29, 1.82) is 0 Å². The summed E-state index contributed by atoms with van der Waals surface area (Å²) in [6.07, 6.45) is 0. The lowest BCUT2D eigenvalue weighted by Gasteiger charge is -2.15. The third-order valence-corrected chi connectivity index (χ3v) is 7.12. The summed E-state index contributed by atoms with van der Waals surface area (Å²) in [5.74, 6) is -1.57. The molecular weight excluding hydrogens is 489 g/mol. The van der Waals surface area contributed by atoms with Gasteiger partial charge in [0.05, 0.1) is 16.5 Å². The lowest BCUT2D eigenvalue weighted by molar-refractivity contribution is 0.489. The minimum atomic E-state index is -4.09. The normalized spacial score (nSPS) is 12.8. The number of hydrogen-bond donors (Lipinski definition) is 1. The van der Waals surface area contributed by atoms with Gasteiger partial charge in [-0.25, -0.2) is 18.2 Å². The van der Waals surface area contributed by atoms with E-state index in [1.165, 1.54) is 22.8 Å². The monoisotopic (exact) mass is 505 g/mol. The van der Waals surface area contributed by atoms with E-state index >= 15 is 0 Å². The predicted octanol–water partition coefficient (Wildman–Crippen LogP) is 4.61. The molecule has 0 unspecified atom stereocenters. The average molecular weight is 506 g/mol.